The van der Waals surface area contributed by atoms with Gasteiger partial charge in [0, 0.05) is 18.1 Å². The van der Waals surface area contributed by atoms with E-state index in [-0.39, 0.29) is 13.0 Å². The number of carboxylic acids is 1. The van der Waals surface area contributed by atoms with Gasteiger partial charge in [-0.25, -0.2) is 9.48 Å². The molecule has 0 radical (unpaired) electrons. The summed E-state index contributed by atoms with van der Waals surface area (Å²) in [7, 11) is 0. The lowest BCUT2D eigenvalue weighted by Crippen LogP contribution is -2.44. The summed E-state index contributed by atoms with van der Waals surface area (Å²) in [6, 6.07) is 20.1. The van der Waals surface area contributed by atoms with Crippen LogP contribution >= 0.6 is 0 Å². The summed E-state index contributed by atoms with van der Waals surface area (Å²) in [6.45, 7) is -0.363. The lowest BCUT2D eigenvalue weighted by molar-refractivity contribution is -0.141. The number of nitrogens with zero attached hydrogens (tertiary/aromatic N) is 2. The summed E-state index contributed by atoms with van der Waals surface area (Å²) in [6.07, 6.45) is 0.147. The van der Waals surface area contributed by atoms with Crippen molar-refractivity contribution < 1.29 is 14.7 Å². The number of amides is 1. The topological polar surface area (TPSA) is 101 Å². The second kappa shape index (κ2) is 8.77. The van der Waals surface area contributed by atoms with E-state index in [0.29, 0.717) is 5.69 Å². The fraction of sp³-hybridized carbons (Fsp3) is 0.143. The summed E-state index contributed by atoms with van der Waals surface area (Å²) < 4.78 is 1.03. The zero-order valence-electron chi connectivity index (χ0n) is 15.0. The lowest BCUT2D eigenvalue weighted by atomic mass is 10.1. The van der Waals surface area contributed by atoms with Crippen LogP contribution in [0.3, 0.4) is 0 Å². The van der Waals surface area contributed by atoms with Crippen molar-refractivity contribution >= 4 is 11.9 Å². The molecule has 0 aliphatic carbocycles. The highest BCUT2D eigenvalue weighted by atomic mass is 16.4. The highest BCUT2D eigenvalue weighted by Crippen LogP contribution is 2.13. The minimum Gasteiger partial charge on any atom is -0.480 e. The van der Waals surface area contributed by atoms with Gasteiger partial charge in [-0.2, -0.15) is 5.10 Å². The number of rotatable bonds is 7. The Morgan fingerprint density at radius 1 is 0.964 bits per heavy atom. The maximum Gasteiger partial charge on any atom is 0.326 e. The van der Waals surface area contributed by atoms with Gasteiger partial charge in [0.15, 0.2) is 0 Å². The Balaban J connectivity index is 1.73. The zero-order valence-corrected chi connectivity index (χ0v) is 15.0. The molecule has 0 aliphatic heterocycles. The highest BCUT2D eigenvalue weighted by molar-refractivity contribution is 5.83. The van der Waals surface area contributed by atoms with E-state index in [0.717, 1.165) is 15.8 Å². The van der Waals surface area contributed by atoms with E-state index in [1.54, 1.807) is 30.3 Å². The highest BCUT2D eigenvalue weighted by Gasteiger charge is 2.21. The first-order chi connectivity index (χ1) is 13.5. The van der Waals surface area contributed by atoms with Crippen LogP contribution in [-0.4, -0.2) is 32.8 Å². The Kier molecular flexibility index (Phi) is 5.96. The van der Waals surface area contributed by atoms with E-state index in [9.17, 15) is 19.5 Å². The maximum atomic E-state index is 12.3. The summed E-state index contributed by atoms with van der Waals surface area (Å²) in [5.41, 5.74) is 1.71. The van der Waals surface area contributed by atoms with Gasteiger partial charge in [0.2, 0.25) is 5.91 Å². The smallest absolute Gasteiger partial charge is 0.326 e. The van der Waals surface area contributed by atoms with Crippen molar-refractivity contribution in [3.63, 3.8) is 0 Å². The summed E-state index contributed by atoms with van der Waals surface area (Å²) in [5, 5.41) is 16.1. The van der Waals surface area contributed by atoms with Crippen molar-refractivity contribution in [2.45, 2.75) is 19.0 Å². The lowest BCUT2D eigenvalue weighted by Gasteiger charge is -2.15. The Morgan fingerprint density at radius 2 is 1.61 bits per heavy atom. The van der Waals surface area contributed by atoms with Crippen LogP contribution in [0.2, 0.25) is 0 Å². The molecule has 1 heterocycles. The van der Waals surface area contributed by atoms with Crippen LogP contribution in [0, 0.1) is 0 Å². The predicted octanol–water partition coefficient (Wildman–Crippen LogP) is 1.72. The van der Waals surface area contributed by atoms with Crippen molar-refractivity contribution in [2.75, 3.05) is 0 Å². The molecule has 0 saturated carbocycles. The molecule has 2 aromatic carbocycles. The quantitative estimate of drug-likeness (QED) is 0.653. The molecule has 0 unspecified atom stereocenters. The fourth-order valence-electron chi connectivity index (χ4n) is 2.75. The summed E-state index contributed by atoms with van der Waals surface area (Å²) in [4.78, 5) is 35.9. The Morgan fingerprint density at radius 3 is 2.25 bits per heavy atom. The first-order valence-electron chi connectivity index (χ1n) is 8.72. The molecule has 142 valence electrons. The first-order valence-corrected chi connectivity index (χ1v) is 8.72. The maximum absolute atomic E-state index is 12.3. The monoisotopic (exact) mass is 377 g/mol. The third kappa shape index (κ3) is 4.91. The molecule has 0 fully saturated rings. The fourth-order valence-corrected chi connectivity index (χ4v) is 2.75. The van der Waals surface area contributed by atoms with E-state index in [1.165, 1.54) is 6.07 Å². The number of aromatic nitrogens is 2. The number of carbonyl (C=O) groups is 2. The first kappa shape index (κ1) is 19.0. The molecule has 1 atom stereocenters. The molecule has 7 heteroatoms. The standard InChI is InChI=1S/C21H19N3O4/c25-19(22-18(21(27)28)13-15-7-3-1-4-8-15)14-24-20(26)12-11-17(23-24)16-9-5-2-6-10-16/h1-12,18H,13-14H2,(H,22,25)(H,27,28)/t18-/m1/s1. The average molecular weight is 377 g/mol. The minimum atomic E-state index is -1.14. The third-order valence-electron chi connectivity index (χ3n) is 4.15. The van der Waals surface area contributed by atoms with E-state index < -0.39 is 23.5 Å². The van der Waals surface area contributed by atoms with Crippen LogP contribution in [0.4, 0.5) is 0 Å². The van der Waals surface area contributed by atoms with Crippen molar-refractivity contribution in [1.82, 2.24) is 15.1 Å². The Labute approximate surface area is 161 Å². The van der Waals surface area contributed by atoms with Gasteiger partial charge in [-0.15, -0.1) is 0 Å². The molecule has 0 spiro atoms. The number of hydrogen-bond donors (Lipinski definition) is 2. The van der Waals surface area contributed by atoms with Crippen LogP contribution in [0.1, 0.15) is 5.56 Å². The average Bonchev–Trinajstić information content (AvgIpc) is 2.70. The molecular weight excluding hydrogens is 358 g/mol. The molecular formula is C21H19N3O4. The van der Waals surface area contributed by atoms with Crippen molar-refractivity contribution in [3.8, 4) is 11.3 Å². The second-order valence-corrected chi connectivity index (χ2v) is 6.23. The van der Waals surface area contributed by atoms with Crippen LogP contribution in [0.5, 0.6) is 0 Å². The molecule has 0 aliphatic rings. The predicted molar refractivity (Wildman–Crippen MR) is 104 cm³/mol. The van der Waals surface area contributed by atoms with Crippen LogP contribution < -0.4 is 10.9 Å². The van der Waals surface area contributed by atoms with E-state index >= 15 is 0 Å². The molecule has 28 heavy (non-hydrogen) atoms. The summed E-state index contributed by atoms with van der Waals surface area (Å²) >= 11 is 0. The van der Waals surface area contributed by atoms with Crippen molar-refractivity contribution in [2.24, 2.45) is 0 Å². The van der Waals surface area contributed by atoms with Crippen molar-refractivity contribution in [3.05, 3.63) is 88.7 Å². The molecule has 0 bridgehead atoms. The molecule has 3 rings (SSSR count). The number of aliphatic carboxylic acids is 1. The number of benzene rings is 2. The minimum absolute atomic E-state index is 0.147. The van der Waals surface area contributed by atoms with Gasteiger partial charge >= 0.3 is 5.97 Å². The molecule has 2 N–H and O–H groups in total. The van der Waals surface area contributed by atoms with Gasteiger partial charge in [0.1, 0.15) is 12.6 Å². The largest absolute Gasteiger partial charge is 0.480 e. The van der Waals surface area contributed by atoms with Gasteiger partial charge in [0.05, 0.1) is 5.69 Å². The molecule has 1 amide bonds. The third-order valence-corrected chi connectivity index (χ3v) is 4.15. The SMILES string of the molecule is O=C(Cn1nc(-c2ccccc2)ccc1=O)N[C@H](Cc1ccccc1)C(=O)O. The summed E-state index contributed by atoms with van der Waals surface area (Å²) in [5.74, 6) is -1.74. The molecule has 7 nitrogen and oxygen atoms in total. The van der Waals surface area contributed by atoms with Gasteiger partial charge in [-0.1, -0.05) is 60.7 Å². The number of nitrogens with one attached hydrogen (secondary N) is 1. The van der Waals surface area contributed by atoms with Crippen molar-refractivity contribution in [1.29, 1.82) is 0 Å². The molecule has 3 aromatic rings. The number of carboxylic acid groups (broad SMARTS) is 1. The van der Waals surface area contributed by atoms with Crippen LogP contribution in [0.25, 0.3) is 11.3 Å². The van der Waals surface area contributed by atoms with Gasteiger partial charge in [0.25, 0.3) is 5.56 Å². The van der Waals surface area contributed by atoms with Gasteiger partial charge < -0.3 is 10.4 Å². The van der Waals surface area contributed by atoms with Gasteiger partial charge in [-0.05, 0) is 11.6 Å². The van der Waals surface area contributed by atoms with E-state index in [1.807, 2.05) is 36.4 Å². The van der Waals surface area contributed by atoms with Gasteiger partial charge in [-0.3, -0.25) is 9.59 Å². The number of hydrogen-bond acceptors (Lipinski definition) is 4. The van der Waals surface area contributed by atoms with E-state index in [4.69, 9.17) is 0 Å². The second-order valence-electron chi connectivity index (χ2n) is 6.23. The normalized spacial score (nSPS) is 11.6. The van der Waals surface area contributed by atoms with Crippen LogP contribution in [-0.2, 0) is 22.6 Å². The van der Waals surface area contributed by atoms with Crippen LogP contribution in [0.15, 0.2) is 77.6 Å². The molecule has 1 aromatic heterocycles. The molecule has 0 saturated heterocycles. The van der Waals surface area contributed by atoms with E-state index in [2.05, 4.69) is 10.4 Å². The Hall–Kier alpha value is -3.74. The zero-order chi connectivity index (χ0) is 19.9. The Bertz CT molecular complexity index is 1020. The number of carbonyl (C=O) groups excluding carboxylic acids is 1.